The number of amides is 1. The molecule has 0 aliphatic carbocycles. The summed E-state index contributed by atoms with van der Waals surface area (Å²) in [5, 5.41) is 7.22. The van der Waals surface area contributed by atoms with E-state index in [1.807, 2.05) is 39.0 Å². The van der Waals surface area contributed by atoms with Crippen LogP contribution in [-0.2, 0) is 6.54 Å². The third-order valence-electron chi connectivity index (χ3n) is 4.69. The highest BCUT2D eigenvalue weighted by Crippen LogP contribution is 2.25. The fraction of sp³-hybridized carbons (Fsp3) is 0.500. The molecule has 0 saturated heterocycles. The molecule has 1 aromatic carbocycles. The van der Waals surface area contributed by atoms with Gasteiger partial charge in [0.25, 0.3) is 11.5 Å². The van der Waals surface area contributed by atoms with E-state index in [1.54, 1.807) is 0 Å². The molecule has 1 N–H and O–H groups in total. The fourth-order valence-electron chi connectivity index (χ4n) is 2.88. The van der Waals surface area contributed by atoms with Crippen molar-refractivity contribution in [2.45, 2.75) is 60.5 Å². The molecule has 0 fully saturated rings. The van der Waals surface area contributed by atoms with Crippen LogP contribution in [0.1, 0.15) is 55.7 Å². The molecule has 1 aromatic heterocycles. The maximum atomic E-state index is 12.8. The maximum Gasteiger partial charge on any atom is 0.272 e. The molecule has 6 heteroatoms. The molecule has 0 saturated carbocycles. The van der Waals surface area contributed by atoms with Gasteiger partial charge in [0.15, 0.2) is 0 Å². The number of nitrogens with zero attached hydrogens (tertiary/aromatic N) is 2. The van der Waals surface area contributed by atoms with E-state index in [-0.39, 0.29) is 28.6 Å². The van der Waals surface area contributed by atoms with Gasteiger partial charge in [-0.1, -0.05) is 45.9 Å². The van der Waals surface area contributed by atoms with Crippen molar-refractivity contribution in [1.29, 1.82) is 0 Å². The number of hydrogen-bond donors (Lipinski definition) is 1. The summed E-state index contributed by atoms with van der Waals surface area (Å²) in [6, 6.07) is 8.64. The van der Waals surface area contributed by atoms with Crippen LogP contribution in [0, 0.1) is 19.3 Å². The Morgan fingerprint density at radius 1 is 1.18 bits per heavy atom. The predicted octanol–water partition coefficient (Wildman–Crippen LogP) is 3.49. The Bertz CT molecular complexity index is 861. The first-order valence-corrected chi connectivity index (χ1v) is 9.71. The normalized spacial score (nSPS) is 12.5. The van der Waals surface area contributed by atoms with E-state index in [2.05, 4.69) is 31.2 Å². The van der Waals surface area contributed by atoms with E-state index in [0.29, 0.717) is 13.2 Å². The molecule has 1 amide bonds. The molecular weight excluding hydrogens is 354 g/mol. The van der Waals surface area contributed by atoms with E-state index in [1.165, 1.54) is 16.8 Å². The second-order valence-corrected chi connectivity index (χ2v) is 8.20. The molecular formula is C22H31N3O3. The van der Waals surface area contributed by atoms with Crippen LogP contribution in [0.4, 0.5) is 0 Å². The smallest absolute Gasteiger partial charge is 0.272 e. The minimum atomic E-state index is -0.310. The molecule has 152 valence electrons. The average molecular weight is 386 g/mol. The third-order valence-corrected chi connectivity index (χ3v) is 4.69. The van der Waals surface area contributed by atoms with Crippen LogP contribution in [0.2, 0.25) is 0 Å². The first kappa shape index (κ1) is 21.7. The van der Waals surface area contributed by atoms with E-state index < -0.39 is 0 Å². The maximum absolute atomic E-state index is 12.8. The van der Waals surface area contributed by atoms with Crippen LogP contribution >= 0.6 is 0 Å². The minimum Gasteiger partial charge on any atom is -0.491 e. The zero-order valence-corrected chi connectivity index (χ0v) is 17.7. The molecule has 1 atom stereocenters. The van der Waals surface area contributed by atoms with Gasteiger partial charge in [0.05, 0.1) is 6.04 Å². The van der Waals surface area contributed by atoms with Gasteiger partial charge in [-0.2, -0.15) is 5.10 Å². The summed E-state index contributed by atoms with van der Waals surface area (Å²) >= 11 is 0. The average Bonchev–Trinajstić information content (AvgIpc) is 2.61. The molecule has 2 aromatic rings. The van der Waals surface area contributed by atoms with Crippen LogP contribution in [0.3, 0.4) is 0 Å². The Kier molecular flexibility index (Phi) is 7.00. The van der Waals surface area contributed by atoms with Crippen molar-refractivity contribution in [2.24, 2.45) is 5.41 Å². The van der Waals surface area contributed by atoms with Gasteiger partial charge in [0, 0.05) is 12.6 Å². The molecule has 1 heterocycles. The van der Waals surface area contributed by atoms with Crippen molar-refractivity contribution in [3.05, 3.63) is 57.5 Å². The molecule has 0 spiro atoms. The first-order chi connectivity index (χ1) is 13.1. The standard InChI is InChI=1S/C22H31N3O3/c1-7-13-25-19(26)12-11-17(24-25)21(27)23-18(22(4,5)6)14-28-20-15(2)9-8-10-16(20)3/h8-12,18H,7,13-14H2,1-6H3,(H,23,27)/t18-/m1/s1. The van der Waals surface area contributed by atoms with E-state index in [0.717, 1.165) is 23.3 Å². The summed E-state index contributed by atoms with van der Waals surface area (Å²) in [5.74, 6) is 0.538. The van der Waals surface area contributed by atoms with Gasteiger partial charge in [-0.3, -0.25) is 9.59 Å². The number of ether oxygens (including phenoxy) is 1. The van der Waals surface area contributed by atoms with E-state index in [4.69, 9.17) is 4.74 Å². The molecule has 0 radical (unpaired) electrons. The van der Waals surface area contributed by atoms with Gasteiger partial charge in [-0.25, -0.2) is 4.68 Å². The number of benzene rings is 1. The lowest BCUT2D eigenvalue weighted by atomic mass is 9.87. The predicted molar refractivity (Wildman–Crippen MR) is 111 cm³/mol. The highest BCUT2D eigenvalue weighted by Gasteiger charge is 2.28. The highest BCUT2D eigenvalue weighted by molar-refractivity contribution is 5.92. The van der Waals surface area contributed by atoms with Gasteiger partial charge in [-0.05, 0) is 42.9 Å². The summed E-state index contributed by atoms with van der Waals surface area (Å²) in [6.45, 7) is 13.0. The quantitative estimate of drug-likeness (QED) is 0.792. The fourth-order valence-corrected chi connectivity index (χ4v) is 2.88. The van der Waals surface area contributed by atoms with Crippen molar-refractivity contribution in [3.8, 4) is 5.75 Å². The number of aryl methyl sites for hydroxylation is 3. The monoisotopic (exact) mass is 385 g/mol. The Hall–Kier alpha value is -2.63. The van der Waals surface area contributed by atoms with Crippen LogP contribution in [0.25, 0.3) is 0 Å². The number of carbonyl (C=O) groups is 1. The summed E-state index contributed by atoms with van der Waals surface area (Å²) in [7, 11) is 0. The van der Waals surface area contributed by atoms with Crippen LogP contribution in [0.5, 0.6) is 5.75 Å². The molecule has 28 heavy (non-hydrogen) atoms. The highest BCUT2D eigenvalue weighted by atomic mass is 16.5. The lowest BCUT2D eigenvalue weighted by Gasteiger charge is -2.31. The first-order valence-electron chi connectivity index (χ1n) is 9.71. The van der Waals surface area contributed by atoms with E-state index >= 15 is 0 Å². The number of aromatic nitrogens is 2. The number of rotatable bonds is 7. The lowest BCUT2D eigenvalue weighted by Crippen LogP contribution is -2.48. The minimum absolute atomic E-state index is 0.205. The third kappa shape index (κ3) is 5.44. The Morgan fingerprint density at radius 2 is 1.82 bits per heavy atom. The Balaban J connectivity index is 2.17. The summed E-state index contributed by atoms with van der Waals surface area (Å²) in [4.78, 5) is 24.6. The van der Waals surface area contributed by atoms with Gasteiger partial charge >= 0.3 is 0 Å². The molecule has 0 aliphatic heterocycles. The van der Waals surface area contributed by atoms with Gasteiger partial charge in [-0.15, -0.1) is 0 Å². The second kappa shape index (κ2) is 9.04. The number of para-hydroxylation sites is 1. The molecule has 0 unspecified atom stereocenters. The molecule has 0 aliphatic rings. The van der Waals surface area contributed by atoms with Gasteiger partial charge in [0.1, 0.15) is 18.1 Å². The Labute approximate surface area is 166 Å². The van der Waals surface area contributed by atoms with E-state index in [9.17, 15) is 9.59 Å². The van der Waals surface area contributed by atoms with Gasteiger partial charge < -0.3 is 10.1 Å². The van der Waals surface area contributed by atoms with Crippen molar-refractivity contribution >= 4 is 5.91 Å². The zero-order chi connectivity index (χ0) is 20.9. The summed E-state index contributed by atoms with van der Waals surface area (Å²) < 4.78 is 7.41. The zero-order valence-electron chi connectivity index (χ0n) is 17.7. The molecule has 6 nitrogen and oxygen atoms in total. The van der Waals surface area contributed by atoms with Crippen LogP contribution < -0.4 is 15.6 Å². The number of nitrogens with one attached hydrogen (secondary N) is 1. The summed E-state index contributed by atoms with van der Waals surface area (Å²) in [5.41, 5.74) is 1.93. The largest absolute Gasteiger partial charge is 0.491 e. The number of carbonyl (C=O) groups excluding carboxylic acids is 1. The van der Waals surface area contributed by atoms with Crippen molar-refractivity contribution < 1.29 is 9.53 Å². The Morgan fingerprint density at radius 3 is 2.39 bits per heavy atom. The summed E-state index contributed by atoms with van der Waals surface area (Å²) in [6.07, 6.45) is 0.770. The topological polar surface area (TPSA) is 73.2 Å². The molecule has 2 rings (SSSR count). The van der Waals surface area contributed by atoms with Crippen molar-refractivity contribution in [3.63, 3.8) is 0 Å². The SMILES string of the molecule is CCCn1nc(C(=O)N[C@H](COc2c(C)cccc2C)C(C)(C)C)ccc1=O. The lowest BCUT2D eigenvalue weighted by molar-refractivity contribution is 0.0854. The van der Waals surface area contributed by atoms with Gasteiger partial charge in [0.2, 0.25) is 0 Å². The van der Waals surface area contributed by atoms with Crippen LogP contribution in [0.15, 0.2) is 35.1 Å². The van der Waals surface area contributed by atoms with Crippen molar-refractivity contribution in [1.82, 2.24) is 15.1 Å². The van der Waals surface area contributed by atoms with Crippen molar-refractivity contribution in [2.75, 3.05) is 6.61 Å². The second-order valence-electron chi connectivity index (χ2n) is 8.20. The molecule has 0 bridgehead atoms. The number of hydrogen-bond acceptors (Lipinski definition) is 4. The van der Waals surface area contributed by atoms with Crippen LogP contribution in [-0.4, -0.2) is 28.3 Å².